The number of hydrogen-bond acceptors (Lipinski definition) is 5. The van der Waals surface area contributed by atoms with E-state index in [4.69, 9.17) is 4.74 Å². The van der Waals surface area contributed by atoms with Gasteiger partial charge in [0.05, 0.1) is 0 Å². The molecule has 0 aromatic heterocycles. The summed E-state index contributed by atoms with van der Waals surface area (Å²) in [6.45, 7) is 1.47. The lowest BCUT2D eigenvalue weighted by atomic mass is 9.99. The lowest BCUT2D eigenvalue weighted by Crippen LogP contribution is -2.74. The smallest absolute Gasteiger partial charge is 0.330 e. The molecule has 0 radical (unpaired) electrons. The molecule has 3 atom stereocenters. The van der Waals surface area contributed by atoms with Crippen molar-refractivity contribution in [3.63, 3.8) is 0 Å². The first-order valence-corrected chi connectivity index (χ1v) is 8.27. The highest BCUT2D eigenvalue weighted by Crippen LogP contribution is 2.39. The van der Waals surface area contributed by atoms with Crippen molar-refractivity contribution in [2.75, 3.05) is 6.61 Å². The van der Waals surface area contributed by atoms with Gasteiger partial charge in [-0.1, -0.05) is 18.2 Å². The van der Waals surface area contributed by atoms with Crippen molar-refractivity contribution >= 4 is 29.5 Å². The molecule has 2 aliphatic heterocycles. The average Bonchev–Trinajstić information content (AvgIpc) is 2.58. The van der Waals surface area contributed by atoms with Crippen LogP contribution in [-0.4, -0.2) is 51.9 Å². The highest BCUT2D eigenvalue weighted by molar-refractivity contribution is 8.02. The number of carboxylic acid groups (broad SMARTS) is 1. The number of carboxylic acids is 1. The minimum absolute atomic E-state index is 0.206. The summed E-state index contributed by atoms with van der Waals surface area (Å²) in [5.74, 6) is -1.32. The third-order valence-corrected chi connectivity index (χ3v) is 5.13. The van der Waals surface area contributed by atoms with E-state index in [1.807, 2.05) is 6.07 Å². The number of carbonyl (C=O) groups is 3. The van der Waals surface area contributed by atoms with Gasteiger partial charge in [0.2, 0.25) is 5.91 Å². The van der Waals surface area contributed by atoms with Crippen LogP contribution in [0.25, 0.3) is 0 Å². The van der Waals surface area contributed by atoms with Crippen molar-refractivity contribution in [1.82, 2.24) is 10.2 Å². The molecule has 3 rings (SSSR count). The molecule has 1 saturated heterocycles. The number of thioether (sulfide) groups is 1. The van der Waals surface area contributed by atoms with Gasteiger partial charge in [-0.05, 0) is 30.0 Å². The molecule has 2 amide bonds. The third-order valence-electron chi connectivity index (χ3n) is 3.85. The van der Waals surface area contributed by atoms with Crippen molar-refractivity contribution in [1.29, 1.82) is 0 Å². The van der Waals surface area contributed by atoms with Crippen molar-refractivity contribution in [2.24, 2.45) is 0 Å². The second kappa shape index (κ2) is 6.56. The van der Waals surface area contributed by atoms with Crippen molar-refractivity contribution in [2.45, 2.75) is 24.4 Å². The predicted octanol–water partition coefficient (Wildman–Crippen LogP) is 0.822. The van der Waals surface area contributed by atoms with Gasteiger partial charge in [0.15, 0.2) is 12.6 Å². The van der Waals surface area contributed by atoms with E-state index >= 15 is 0 Å². The lowest BCUT2D eigenvalue weighted by Gasteiger charge is -2.51. The first-order chi connectivity index (χ1) is 11.5. The number of fused-ring (bicyclic) bond motifs is 1. The summed E-state index contributed by atoms with van der Waals surface area (Å²) in [5, 5.41) is 13.2. The Hall–Kier alpha value is -2.48. The van der Waals surface area contributed by atoms with Crippen LogP contribution in [0.1, 0.15) is 6.92 Å². The fraction of sp³-hybridized carbons (Fsp3) is 0.312. The number of rotatable bonds is 5. The van der Waals surface area contributed by atoms with Crippen LogP contribution in [0.4, 0.5) is 0 Å². The molecule has 2 aliphatic rings. The van der Waals surface area contributed by atoms with E-state index in [2.05, 4.69) is 5.32 Å². The number of ether oxygens (including phenoxy) is 1. The first kappa shape index (κ1) is 16.4. The van der Waals surface area contributed by atoms with Gasteiger partial charge < -0.3 is 20.1 Å². The Morgan fingerprint density at radius 2 is 2.04 bits per heavy atom. The summed E-state index contributed by atoms with van der Waals surface area (Å²) in [5.41, 5.74) is 0.606. The number of benzene rings is 1. The first-order valence-electron chi connectivity index (χ1n) is 7.33. The molecule has 0 unspecified atom stereocenters. The lowest BCUT2D eigenvalue weighted by molar-refractivity contribution is -0.160. The van der Waals surface area contributed by atoms with Crippen LogP contribution in [0.3, 0.4) is 0 Å². The standard InChI is InChI=1S/C16H16N2O5S/c1-9-8-24-15-12(14(20)18(15)13(9)16(21)22)17-11(19)7-23-10-5-3-2-4-6-10/h2-6,8,12-13,15H,7H2,1H3,(H,17,19)(H,21,22)/t12-,13-,15-/m1/s1. The zero-order chi connectivity index (χ0) is 17.3. The summed E-state index contributed by atoms with van der Waals surface area (Å²) in [4.78, 5) is 36.8. The molecule has 0 aliphatic carbocycles. The van der Waals surface area contributed by atoms with E-state index in [1.54, 1.807) is 36.6 Å². The monoisotopic (exact) mass is 348 g/mol. The molecule has 2 N–H and O–H groups in total. The van der Waals surface area contributed by atoms with E-state index < -0.39 is 29.3 Å². The van der Waals surface area contributed by atoms with Gasteiger partial charge >= 0.3 is 5.97 Å². The Kier molecular flexibility index (Phi) is 4.48. The van der Waals surface area contributed by atoms with E-state index in [0.717, 1.165) is 0 Å². The minimum atomic E-state index is -1.07. The molecular formula is C16H16N2O5S. The topological polar surface area (TPSA) is 95.9 Å². The van der Waals surface area contributed by atoms with Crippen LogP contribution < -0.4 is 10.1 Å². The molecule has 0 spiro atoms. The van der Waals surface area contributed by atoms with E-state index in [0.29, 0.717) is 11.3 Å². The molecule has 1 aromatic rings. The molecule has 1 fully saturated rings. The fourth-order valence-corrected chi connectivity index (χ4v) is 3.87. The molecule has 8 heteroatoms. The van der Waals surface area contributed by atoms with Gasteiger partial charge in [0.25, 0.3) is 5.91 Å². The summed E-state index contributed by atoms with van der Waals surface area (Å²) in [6, 6.07) is 7.19. The van der Waals surface area contributed by atoms with Crippen LogP contribution >= 0.6 is 11.8 Å². The molecule has 126 valence electrons. The molecular weight excluding hydrogens is 332 g/mol. The number of nitrogens with zero attached hydrogens (tertiary/aromatic N) is 1. The highest BCUT2D eigenvalue weighted by Gasteiger charge is 2.55. The van der Waals surface area contributed by atoms with Gasteiger partial charge in [-0.25, -0.2) is 4.79 Å². The van der Waals surface area contributed by atoms with E-state index in [9.17, 15) is 19.5 Å². The number of amides is 2. The second-order valence-electron chi connectivity index (χ2n) is 5.52. The zero-order valence-electron chi connectivity index (χ0n) is 12.8. The van der Waals surface area contributed by atoms with Crippen LogP contribution in [0.2, 0.25) is 0 Å². The number of nitrogens with one attached hydrogen (secondary N) is 1. The van der Waals surface area contributed by atoms with Crippen LogP contribution in [0.5, 0.6) is 5.75 Å². The molecule has 24 heavy (non-hydrogen) atoms. The number of para-hydroxylation sites is 1. The number of hydrogen-bond donors (Lipinski definition) is 2. The summed E-state index contributed by atoms with van der Waals surface area (Å²) < 4.78 is 5.34. The molecule has 1 aromatic carbocycles. The summed E-state index contributed by atoms with van der Waals surface area (Å²) in [7, 11) is 0. The molecule has 7 nitrogen and oxygen atoms in total. The van der Waals surface area contributed by atoms with Gasteiger partial charge in [-0.2, -0.15) is 0 Å². The van der Waals surface area contributed by atoms with Crippen molar-refractivity contribution in [3.05, 3.63) is 41.3 Å². The predicted molar refractivity (Wildman–Crippen MR) is 87.3 cm³/mol. The molecule has 0 bridgehead atoms. The van der Waals surface area contributed by atoms with E-state index in [1.165, 1.54) is 16.7 Å². The maximum Gasteiger partial charge on any atom is 0.330 e. The van der Waals surface area contributed by atoms with Crippen molar-refractivity contribution < 1.29 is 24.2 Å². The van der Waals surface area contributed by atoms with Crippen LogP contribution in [0, 0.1) is 0 Å². The molecule has 0 saturated carbocycles. The summed E-state index contributed by atoms with van der Waals surface area (Å²) >= 11 is 1.33. The average molecular weight is 348 g/mol. The van der Waals surface area contributed by atoms with Gasteiger partial charge in [-0.15, -0.1) is 11.8 Å². The molecule has 2 heterocycles. The maximum atomic E-state index is 12.2. The number of carbonyl (C=O) groups excluding carboxylic acids is 2. The summed E-state index contributed by atoms with van der Waals surface area (Å²) in [6.07, 6.45) is 0. The van der Waals surface area contributed by atoms with Gasteiger partial charge in [0, 0.05) is 0 Å². The fourth-order valence-electron chi connectivity index (χ4n) is 2.69. The minimum Gasteiger partial charge on any atom is -0.484 e. The Morgan fingerprint density at radius 1 is 1.33 bits per heavy atom. The Bertz CT molecular complexity index is 706. The second-order valence-corrected chi connectivity index (χ2v) is 6.51. The van der Waals surface area contributed by atoms with Crippen molar-refractivity contribution in [3.8, 4) is 5.75 Å². The number of β-lactam (4-membered cyclic amide) rings is 1. The quantitative estimate of drug-likeness (QED) is 0.765. The zero-order valence-corrected chi connectivity index (χ0v) is 13.7. The third kappa shape index (κ3) is 2.96. The van der Waals surface area contributed by atoms with E-state index in [-0.39, 0.29) is 12.5 Å². The maximum absolute atomic E-state index is 12.2. The Morgan fingerprint density at radius 3 is 2.71 bits per heavy atom. The Balaban J connectivity index is 1.58. The number of aliphatic carboxylic acids is 1. The van der Waals surface area contributed by atoms with Gasteiger partial charge in [-0.3, -0.25) is 9.59 Å². The SMILES string of the molecule is CC1=CS[C@@H]2[C@H](NC(=O)COc3ccccc3)C(=O)N2[C@H]1C(=O)O. The largest absolute Gasteiger partial charge is 0.484 e. The highest BCUT2D eigenvalue weighted by atomic mass is 32.2. The van der Waals surface area contributed by atoms with Crippen LogP contribution in [-0.2, 0) is 14.4 Å². The normalized spacial score (nSPS) is 25.2. The van der Waals surface area contributed by atoms with Gasteiger partial charge in [0.1, 0.15) is 17.2 Å². The Labute approximate surface area is 142 Å². The van der Waals surface area contributed by atoms with Crippen LogP contribution in [0.15, 0.2) is 41.3 Å².